The number of ether oxygens (including phenoxy) is 2. The van der Waals surface area contributed by atoms with Gasteiger partial charge in [0, 0.05) is 23.3 Å². The number of hydrogen-bond donors (Lipinski definition) is 0. The zero-order valence-corrected chi connectivity index (χ0v) is 17.7. The Hall–Kier alpha value is -3.05. The number of benzene rings is 2. The second kappa shape index (κ2) is 8.97. The van der Waals surface area contributed by atoms with Crippen molar-refractivity contribution in [1.29, 1.82) is 0 Å². The van der Waals surface area contributed by atoms with E-state index in [9.17, 15) is 4.79 Å². The average Bonchev–Trinajstić information content (AvgIpc) is 3.05. The Morgan fingerprint density at radius 2 is 2.00 bits per heavy atom. The minimum Gasteiger partial charge on any atom is -0.496 e. The molecule has 1 aromatic heterocycles. The second-order valence-electron chi connectivity index (χ2n) is 6.74. The molecule has 6 heteroatoms. The van der Waals surface area contributed by atoms with Crippen LogP contribution in [0.15, 0.2) is 48.7 Å². The molecule has 0 aliphatic carbocycles. The fourth-order valence-corrected chi connectivity index (χ4v) is 3.00. The molecule has 0 radical (unpaired) electrons. The van der Waals surface area contributed by atoms with E-state index in [1.165, 1.54) is 0 Å². The van der Waals surface area contributed by atoms with Gasteiger partial charge in [0.25, 0.3) is 0 Å². The fourth-order valence-electron chi connectivity index (χ4n) is 2.89. The Balaban J connectivity index is 1.76. The van der Waals surface area contributed by atoms with E-state index in [0.717, 1.165) is 33.9 Å². The Morgan fingerprint density at radius 3 is 2.66 bits per heavy atom. The molecule has 1 heterocycles. The molecule has 0 unspecified atom stereocenters. The number of methoxy groups -OCH3 is 1. The fraction of sp³-hybridized carbons (Fsp3) is 0.217. The van der Waals surface area contributed by atoms with E-state index < -0.39 is 0 Å². The van der Waals surface area contributed by atoms with Crippen LogP contribution in [0.2, 0.25) is 5.02 Å². The predicted octanol–water partition coefficient (Wildman–Crippen LogP) is 5.17. The summed E-state index contributed by atoms with van der Waals surface area (Å²) in [4.78, 5) is 12.4. The number of halogens is 1. The van der Waals surface area contributed by atoms with E-state index in [4.69, 9.17) is 21.1 Å². The molecule has 0 aliphatic rings. The molecule has 0 saturated heterocycles. The smallest absolute Gasteiger partial charge is 0.189 e. The first-order valence-corrected chi connectivity index (χ1v) is 9.53. The van der Waals surface area contributed by atoms with Crippen LogP contribution in [0.3, 0.4) is 0 Å². The van der Waals surface area contributed by atoms with Crippen LogP contribution in [0.1, 0.15) is 32.7 Å². The van der Waals surface area contributed by atoms with Crippen molar-refractivity contribution in [3.05, 3.63) is 81.6 Å². The van der Waals surface area contributed by atoms with E-state index in [-0.39, 0.29) is 5.78 Å². The largest absolute Gasteiger partial charge is 0.496 e. The second-order valence-corrected chi connectivity index (χ2v) is 7.14. The van der Waals surface area contributed by atoms with Crippen molar-refractivity contribution in [2.24, 2.45) is 7.05 Å². The van der Waals surface area contributed by atoms with Crippen molar-refractivity contribution in [2.45, 2.75) is 20.5 Å². The molecule has 3 aromatic rings. The van der Waals surface area contributed by atoms with Crippen molar-refractivity contribution in [3.8, 4) is 11.5 Å². The maximum absolute atomic E-state index is 12.4. The third kappa shape index (κ3) is 4.87. The molecular formula is C23H23ClN2O3. The molecule has 0 aliphatic heterocycles. The summed E-state index contributed by atoms with van der Waals surface area (Å²) in [5.41, 5.74) is 4.15. The van der Waals surface area contributed by atoms with Gasteiger partial charge in [-0.25, -0.2) is 0 Å². The van der Waals surface area contributed by atoms with Gasteiger partial charge in [-0.2, -0.15) is 5.10 Å². The molecule has 0 atom stereocenters. The third-order valence-electron chi connectivity index (χ3n) is 4.76. The minimum absolute atomic E-state index is 0.0825. The Labute approximate surface area is 175 Å². The SMILES string of the molecule is COc1ccc(/C=C/C(=O)c2cnn(C)c2C)cc1COc1ccc(Cl)c(C)c1. The highest BCUT2D eigenvalue weighted by Crippen LogP contribution is 2.25. The van der Waals surface area contributed by atoms with Crippen molar-refractivity contribution < 1.29 is 14.3 Å². The summed E-state index contributed by atoms with van der Waals surface area (Å²) in [6.45, 7) is 4.14. The van der Waals surface area contributed by atoms with Crippen LogP contribution in [0, 0.1) is 13.8 Å². The third-order valence-corrected chi connectivity index (χ3v) is 5.18. The predicted molar refractivity (Wildman–Crippen MR) is 115 cm³/mol. The maximum Gasteiger partial charge on any atom is 0.189 e. The topological polar surface area (TPSA) is 53.3 Å². The number of hydrogen-bond acceptors (Lipinski definition) is 4. The van der Waals surface area contributed by atoms with Gasteiger partial charge in [-0.15, -0.1) is 0 Å². The van der Waals surface area contributed by atoms with E-state index in [0.29, 0.717) is 17.2 Å². The monoisotopic (exact) mass is 410 g/mol. The first-order valence-electron chi connectivity index (χ1n) is 9.16. The summed E-state index contributed by atoms with van der Waals surface area (Å²) in [6, 6.07) is 11.3. The number of nitrogens with zero attached hydrogens (tertiary/aromatic N) is 2. The highest BCUT2D eigenvalue weighted by atomic mass is 35.5. The number of carbonyl (C=O) groups is 1. The van der Waals surface area contributed by atoms with Crippen LogP contribution in [0.25, 0.3) is 6.08 Å². The Bertz CT molecular complexity index is 1070. The van der Waals surface area contributed by atoms with Gasteiger partial charge in [0.1, 0.15) is 18.1 Å². The molecule has 2 aromatic carbocycles. The molecule has 0 spiro atoms. The number of carbonyl (C=O) groups excluding carboxylic acids is 1. The summed E-state index contributed by atoms with van der Waals surface area (Å²) in [6.07, 6.45) is 4.92. The van der Waals surface area contributed by atoms with E-state index in [1.54, 1.807) is 30.1 Å². The molecule has 29 heavy (non-hydrogen) atoms. The lowest BCUT2D eigenvalue weighted by atomic mass is 10.1. The summed E-state index contributed by atoms with van der Waals surface area (Å²) in [5.74, 6) is 1.38. The Morgan fingerprint density at radius 1 is 1.21 bits per heavy atom. The highest BCUT2D eigenvalue weighted by Gasteiger charge is 2.10. The minimum atomic E-state index is -0.0825. The first kappa shape index (κ1) is 20.7. The number of aromatic nitrogens is 2. The summed E-state index contributed by atoms with van der Waals surface area (Å²) < 4.78 is 13.0. The average molecular weight is 411 g/mol. The van der Waals surface area contributed by atoms with Crippen LogP contribution in [-0.4, -0.2) is 22.7 Å². The maximum atomic E-state index is 12.4. The van der Waals surface area contributed by atoms with Crippen LogP contribution < -0.4 is 9.47 Å². The number of rotatable bonds is 7. The van der Waals surface area contributed by atoms with Gasteiger partial charge < -0.3 is 9.47 Å². The van der Waals surface area contributed by atoms with Gasteiger partial charge >= 0.3 is 0 Å². The molecular weight excluding hydrogens is 388 g/mol. The first-order chi connectivity index (χ1) is 13.9. The van der Waals surface area contributed by atoms with Crippen molar-refractivity contribution in [2.75, 3.05) is 7.11 Å². The molecule has 0 bridgehead atoms. The highest BCUT2D eigenvalue weighted by molar-refractivity contribution is 6.31. The van der Waals surface area contributed by atoms with Crippen LogP contribution >= 0.6 is 11.6 Å². The number of ketones is 1. The Kier molecular flexibility index (Phi) is 6.39. The lowest BCUT2D eigenvalue weighted by Crippen LogP contribution is -2.00. The molecule has 150 valence electrons. The van der Waals surface area contributed by atoms with Crippen molar-refractivity contribution >= 4 is 23.5 Å². The number of allylic oxidation sites excluding steroid dienone is 1. The zero-order valence-electron chi connectivity index (χ0n) is 16.9. The molecule has 0 amide bonds. The summed E-state index contributed by atoms with van der Waals surface area (Å²) in [7, 11) is 3.43. The van der Waals surface area contributed by atoms with Gasteiger partial charge in [0.2, 0.25) is 0 Å². The van der Waals surface area contributed by atoms with E-state index in [2.05, 4.69) is 5.10 Å². The summed E-state index contributed by atoms with van der Waals surface area (Å²) in [5, 5.41) is 4.82. The quantitative estimate of drug-likeness (QED) is 0.398. The molecule has 5 nitrogen and oxygen atoms in total. The molecule has 0 N–H and O–H groups in total. The lowest BCUT2D eigenvalue weighted by molar-refractivity contribution is 0.104. The van der Waals surface area contributed by atoms with Crippen LogP contribution in [-0.2, 0) is 13.7 Å². The van der Waals surface area contributed by atoms with Gasteiger partial charge in [0.05, 0.1) is 18.9 Å². The lowest BCUT2D eigenvalue weighted by Gasteiger charge is -2.12. The van der Waals surface area contributed by atoms with Crippen molar-refractivity contribution in [1.82, 2.24) is 9.78 Å². The number of aryl methyl sites for hydroxylation is 2. The van der Waals surface area contributed by atoms with Gasteiger partial charge in [-0.3, -0.25) is 9.48 Å². The van der Waals surface area contributed by atoms with Crippen LogP contribution in [0.5, 0.6) is 11.5 Å². The van der Waals surface area contributed by atoms with Gasteiger partial charge in [-0.05, 0) is 61.4 Å². The van der Waals surface area contributed by atoms with Crippen molar-refractivity contribution in [3.63, 3.8) is 0 Å². The van der Waals surface area contributed by atoms with Gasteiger partial charge in [-0.1, -0.05) is 23.7 Å². The molecule has 0 fully saturated rings. The van der Waals surface area contributed by atoms with E-state index in [1.807, 2.05) is 57.3 Å². The standard InChI is InChI=1S/C23H23ClN2O3/c1-15-11-19(7-8-21(15)24)29-14-18-12-17(6-10-23(18)28-4)5-9-22(27)20-13-25-26(3)16(20)2/h5-13H,14H2,1-4H3/b9-5+. The summed E-state index contributed by atoms with van der Waals surface area (Å²) >= 11 is 6.07. The normalized spacial score (nSPS) is 11.1. The van der Waals surface area contributed by atoms with Crippen LogP contribution in [0.4, 0.5) is 0 Å². The molecule has 0 saturated carbocycles. The van der Waals surface area contributed by atoms with Gasteiger partial charge in [0.15, 0.2) is 5.78 Å². The molecule has 3 rings (SSSR count). The van der Waals surface area contributed by atoms with E-state index >= 15 is 0 Å². The zero-order chi connectivity index (χ0) is 21.0.